The Balaban J connectivity index is 0.000000410. The van der Waals surface area contributed by atoms with Crippen molar-refractivity contribution in [3.05, 3.63) is 0 Å². The zero-order chi connectivity index (χ0) is 31.9. The van der Waals surface area contributed by atoms with Crippen LogP contribution in [0.3, 0.4) is 0 Å². The summed E-state index contributed by atoms with van der Waals surface area (Å²) in [6.45, 7) is 13.9. The van der Waals surface area contributed by atoms with Crippen molar-refractivity contribution in [2.24, 2.45) is 21.2 Å². The SMILES string of the molecule is CC(=O)CN1CC(C(C)=O)=NN(C(=O)OC(C)(C)C)C1=O.CO/N=C(\C)C1=NN(C(=O)OC(C)(C)C)C(=O)N(N)C1. The Hall–Kier alpha value is -4.41. The predicted octanol–water partition coefficient (Wildman–Crippen LogP) is 2.10. The first-order valence-corrected chi connectivity index (χ1v) is 12.3. The lowest BCUT2D eigenvalue weighted by Gasteiger charge is -2.31. The first-order chi connectivity index (χ1) is 18.7. The summed E-state index contributed by atoms with van der Waals surface area (Å²) in [5.74, 6) is 4.90. The molecule has 41 heavy (non-hydrogen) atoms. The molecule has 0 aliphatic carbocycles. The number of rotatable bonds is 5. The number of hydrogen-bond donors (Lipinski definition) is 1. The highest BCUT2D eigenvalue weighted by Crippen LogP contribution is 2.16. The first kappa shape index (κ1) is 34.6. The number of Topliss-reactive ketones (excluding diaryl/α,β-unsaturated/α-hetero) is 2. The summed E-state index contributed by atoms with van der Waals surface area (Å²) in [7, 11) is 1.38. The van der Waals surface area contributed by atoms with Crippen LogP contribution in [0, 0.1) is 0 Å². The van der Waals surface area contributed by atoms with Gasteiger partial charge in [0, 0.05) is 6.92 Å². The molecular formula is C24H38N8O9. The van der Waals surface area contributed by atoms with Gasteiger partial charge in [-0.25, -0.2) is 25.0 Å². The summed E-state index contributed by atoms with van der Waals surface area (Å²) in [6, 6.07) is -1.56. The van der Waals surface area contributed by atoms with Crippen LogP contribution < -0.4 is 5.84 Å². The zero-order valence-corrected chi connectivity index (χ0v) is 25.0. The van der Waals surface area contributed by atoms with Gasteiger partial charge in [-0.05, 0) is 55.4 Å². The molecule has 2 N–H and O–H groups in total. The minimum atomic E-state index is -0.987. The highest BCUT2D eigenvalue weighted by Gasteiger charge is 2.37. The number of nitrogens with zero attached hydrogens (tertiary/aromatic N) is 7. The average Bonchev–Trinajstić information content (AvgIpc) is 2.79. The van der Waals surface area contributed by atoms with Crippen LogP contribution in [0.1, 0.15) is 62.3 Å². The largest absolute Gasteiger partial charge is 0.442 e. The van der Waals surface area contributed by atoms with Gasteiger partial charge >= 0.3 is 24.2 Å². The molecule has 0 saturated carbocycles. The summed E-state index contributed by atoms with van der Waals surface area (Å²) in [4.78, 5) is 76.2. The normalized spacial score (nSPS) is 16.3. The molecule has 0 atom stereocenters. The number of carbonyl (C=O) groups excluding carboxylic acids is 6. The number of hydrazine groups is 1. The molecular weight excluding hydrogens is 544 g/mol. The Morgan fingerprint density at radius 1 is 0.829 bits per heavy atom. The summed E-state index contributed by atoms with van der Waals surface area (Å²) in [5, 5.41) is 13.2. The Kier molecular flexibility index (Phi) is 11.6. The zero-order valence-electron chi connectivity index (χ0n) is 25.0. The lowest BCUT2D eigenvalue weighted by Crippen LogP contribution is -2.55. The van der Waals surface area contributed by atoms with Gasteiger partial charge in [0.05, 0.1) is 19.6 Å². The van der Waals surface area contributed by atoms with Crippen LogP contribution in [0.4, 0.5) is 19.2 Å². The third-order valence-corrected chi connectivity index (χ3v) is 4.58. The number of amides is 6. The van der Waals surface area contributed by atoms with Gasteiger partial charge in [0.25, 0.3) is 0 Å². The van der Waals surface area contributed by atoms with E-state index < -0.39 is 35.5 Å². The number of carbonyl (C=O) groups is 6. The molecule has 0 fully saturated rings. The molecule has 6 amide bonds. The fraction of sp³-hybridized carbons (Fsp3) is 0.625. The van der Waals surface area contributed by atoms with Crippen LogP contribution in [0.5, 0.6) is 0 Å². The standard InChI is InChI=1S/C13H19N3O5.C11H19N5O4/c1-8(17)6-15-7-10(9(2)18)14-16(11(15)19)12(20)21-13(3,4)5;1-7(14-19-5)8-6-15(12)9(17)16(13-8)10(18)20-11(2,3)4/h6-7H2,1-5H3;6,12H2,1-5H3/b;14-7+. The van der Waals surface area contributed by atoms with Gasteiger partial charge in [0.1, 0.15) is 41.2 Å². The van der Waals surface area contributed by atoms with Crippen LogP contribution >= 0.6 is 0 Å². The van der Waals surface area contributed by atoms with Gasteiger partial charge in [-0.2, -0.15) is 10.2 Å². The van der Waals surface area contributed by atoms with Gasteiger partial charge in [0.15, 0.2) is 5.78 Å². The molecule has 228 valence electrons. The number of ketones is 2. The molecule has 2 aliphatic rings. The number of ether oxygens (including phenoxy) is 2. The van der Waals surface area contributed by atoms with Crippen molar-refractivity contribution >= 4 is 53.0 Å². The van der Waals surface area contributed by atoms with Crippen molar-refractivity contribution < 1.29 is 43.1 Å². The number of oxime groups is 1. The third kappa shape index (κ3) is 10.9. The fourth-order valence-corrected chi connectivity index (χ4v) is 2.92. The molecule has 2 aliphatic heterocycles. The summed E-state index contributed by atoms with van der Waals surface area (Å²) < 4.78 is 10.2. The molecule has 0 saturated heterocycles. The van der Waals surface area contributed by atoms with Crippen molar-refractivity contribution in [1.82, 2.24) is 19.9 Å². The minimum absolute atomic E-state index is 0.0155. The van der Waals surface area contributed by atoms with Gasteiger partial charge in [-0.3, -0.25) is 14.6 Å². The molecule has 2 rings (SSSR count). The smallest absolute Gasteiger partial charge is 0.439 e. The Bertz CT molecular complexity index is 1160. The van der Waals surface area contributed by atoms with E-state index in [1.54, 1.807) is 48.5 Å². The van der Waals surface area contributed by atoms with Crippen molar-refractivity contribution in [3.8, 4) is 0 Å². The van der Waals surface area contributed by atoms with E-state index in [1.165, 1.54) is 21.0 Å². The van der Waals surface area contributed by atoms with Gasteiger partial charge in [-0.15, -0.1) is 10.0 Å². The summed E-state index contributed by atoms with van der Waals surface area (Å²) in [6.07, 6.45) is -1.89. The van der Waals surface area contributed by atoms with E-state index in [4.69, 9.17) is 15.3 Å². The van der Waals surface area contributed by atoms with Crippen molar-refractivity contribution in [3.63, 3.8) is 0 Å². The number of nitrogens with two attached hydrogens (primary N) is 1. The van der Waals surface area contributed by atoms with Crippen LogP contribution in [-0.2, 0) is 23.9 Å². The maximum Gasteiger partial charge on any atom is 0.439 e. The highest BCUT2D eigenvalue weighted by atomic mass is 16.6. The second kappa shape index (κ2) is 13.8. The number of imide groups is 2. The Labute approximate surface area is 237 Å². The molecule has 0 aromatic heterocycles. The molecule has 0 aromatic carbocycles. The molecule has 2 heterocycles. The maximum absolute atomic E-state index is 12.1. The van der Waals surface area contributed by atoms with Crippen LogP contribution in [0.15, 0.2) is 15.4 Å². The molecule has 17 nitrogen and oxygen atoms in total. The van der Waals surface area contributed by atoms with E-state index in [0.29, 0.717) is 21.4 Å². The number of urea groups is 2. The van der Waals surface area contributed by atoms with E-state index in [2.05, 4.69) is 20.2 Å². The highest BCUT2D eigenvalue weighted by molar-refractivity contribution is 6.43. The van der Waals surface area contributed by atoms with Gasteiger partial charge in [0.2, 0.25) is 0 Å². The van der Waals surface area contributed by atoms with Gasteiger partial charge < -0.3 is 19.2 Å². The molecule has 0 bridgehead atoms. The first-order valence-electron chi connectivity index (χ1n) is 12.3. The monoisotopic (exact) mass is 582 g/mol. The third-order valence-electron chi connectivity index (χ3n) is 4.58. The molecule has 0 aromatic rings. The quantitative estimate of drug-likeness (QED) is 0.216. The van der Waals surface area contributed by atoms with E-state index in [9.17, 15) is 28.8 Å². The maximum atomic E-state index is 12.1. The van der Waals surface area contributed by atoms with E-state index in [0.717, 1.165) is 9.91 Å². The minimum Gasteiger partial charge on any atom is -0.442 e. The molecule has 0 radical (unpaired) electrons. The molecule has 17 heteroatoms. The van der Waals surface area contributed by atoms with Crippen LogP contribution in [-0.4, -0.2) is 111 Å². The van der Waals surface area contributed by atoms with Gasteiger partial charge in [-0.1, -0.05) is 5.16 Å². The van der Waals surface area contributed by atoms with Crippen molar-refractivity contribution in [2.75, 3.05) is 26.7 Å². The second-order valence-electron chi connectivity index (χ2n) is 10.8. The Morgan fingerprint density at radius 2 is 1.29 bits per heavy atom. The molecule has 0 spiro atoms. The van der Waals surface area contributed by atoms with E-state index in [-0.39, 0.29) is 36.9 Å². The van der Waals surface area contributed by atoms with Crippen LogP contribution in [0.25, 0.3) is 0 Å². The summed E-state index contributed by atoms with van der Waals surface area (Å²) >= 11 is 0. The Morgan fingerprint density at radius 3 is 1.71 bits per heavy atom. The molecule has 0 unspecified atom stereocenters. The lowest BCUT2D eigenvalue weighted by atomic mass is 10.2. The van der Waals surface area contributed by atoms with Crippen molar-refractivity contribution in [2.45, 2.75) is 73.5 Å². The van der Waals surface area contributed by atoms with Crippen molar-refractivity contribution in [1.29, 1.82) is 0 Å². The van der Waals surface area contributed by atoms with E-state index >= 15 is 0 Å². The number of hydrogen-bond acceptors (Lipinski definition) is 13. The predicted molar refractivity (Wildman–Crippen MR) is 146 cm³/mol. The second-order valence-corrected chi connectivity index (χ2v) is 10.8. The topological polar surface area (TPSA) is 206 Å². The van der Waals surface area contributed by atoms with E-state index in [1.807, 2.05) is 0 Å². The van der Waals surface area contributed by atoms with Crippen LogP contribution in [0.2, 0.25) is 0 Å². The fourth-order valence-electron chi connectivity index (χ4n) is 2.92. The summed E-state index contributed by atoms with van der Waals surface area (Å²) in [5.41, 5.74) is -0.809. The lowest BCUT2D eigenvalue weighted by molar-refractivity contribution is -0.118. The number of hydrazone groups is 2. The average molecular weight is 583 g/mol.